The lowest BCUT2D eigenvalue weighted by molar-refractivity contribution is 0.102. The predicted molar refractivity (Wildman–Crippen MR) is 113 cm³/mol. The van der Waals surface area contributed by atoms with Gasteiger partial charge in [-0.1, -0.05) is 5.57 Å². The molecule has 0 saturated carbocycles. The number of rotatable bonds is 4. The normalized spacial score (nSPS) is 14.2. The molecule has 0 unspecified atom stereocenters. The number of nitrogens with one attached hydrogen (secondary N) is 1. The van der Waals surface area contributed by atoms with Crippen LogP contribution in [0.1, 0.15) is 35.1 Å². The summed E-state index contributed by atoms with van der Waals surface area (Å²) in [5.74, 6) is -2.20. The third-order valence-electron chi connectivity index (χ3n) is 4.88. The van der Waals surface area contributed by atoms with Gasteiger partial charge in [-0.25, -0.2) is 18.7 Å². The van der Waals surface area contributed by atoms with Crippen molar-refractivity contribution in [3.8, 4) is 0 Å². The van der Waals surface area contributed by atoms with Crippen LogP contribution in [0.25, 0.3) is 5.57 Å². The zero-order valence-electron chi connectivity index (χ0n) is 16.4. The topological polar surface area (TPSA) is 71.0 Å². The number of nitrogens with zero attached hydrogens (tertiary/aromatic N) is 4. The van der Waals surface area contributed by atoms with Crippen LogP contribution in [0.2, 0.25) is 0 Å². The SMILES string of the molecule is CC1=C(c2cnc(NC(=O)c3ccc(F)cc3F)cn2)CN(c2nc(C)cs2)CC1. The van der Waals surface area contributed by atoms with Crippen LogP contribution in [-0.2, 0) is 0 Å². The second kappa shape index (κ2) is 8.27. The summed E-state index contributed by atoms with van der Waals surface area (Å²) in [6.45, 7) is 5.63. The minimum absolute atomic E-state index is 0.189. The molecule has 0 fully saturated rings. The van der Waals surface area contributed by atoms with Gasteiger partial charge in [-0.05, 0) is 38.0 Å². The molecule has 154 valence electrons. The van der Waals surface area contributed by atoms with Crippen LogP contribution >= 0.6 is 11.3 Å². The molecule has 2 aromatic heterocycles. The fourth-order valence-electron chi connectivity index (χ4n) is 3.21. The van der Waals surface area contributed by atoms with Gasteiger partial charge in [-0.15, -0.1) is 11.3 Å². The summed E-state index contributed by atoms with van der Waals surface area (Å²) < 4.78 is 26.8. The van der Waals surface area contributed by atoms with Gasteiger partial charge < -0.3 is 10.2 Å². The summed E-state index contributed by atoms with van der Waals surface area (Å²) in [6, 6.07) is 2.78. The van der Waals surface area contributed by atoms with Gasteiger partial charge in [0.25, 0.3) is 5.91 Å². The van der Waals surface area contributed by atoms with Gasteiger partial charge in [0.1, 0.15) is 11.6 Å². The lowest BCUT2D eigenvalue weighted by Gasteiger charge is -2.29. The molecule has 1 N–H and O–H groups in total. The van der Waals surface area contributed by atoms with E-state index in [0.29, 0.717) is 12.6 Å². The van der Waals surface area contributed by atoms with Crippen LogP contribution in [0.15, 0.2) is 41.5 Å². The number of aryl methyl sites for hydroxylation is 1. The Morgan fingerprint density at radius 3 is 2.70 bits per heavy atom. The zero-order chi connectivity index (χ0) is 21.3. The highest BCUT2D eigenvalue weighted by molar-refractivity contribution is 7.13. The molecule has 30 heavy (non-hydrogen) atoms. The molecule has 1 aliphatic heterocycles. The molecule has 9 heteroatoms. The average molecular weight is 427 g/mol. The molecule has 1 aliphatic rings. The molecule has 0 radical (unpaired) electrons. The Morgan fingerprint density at radius 2 is 2.03 bits per heavy atom. The minimum Gasteiger partial charge on any atom is -0.343 e. The maximum atomic E-state index is 13.8. The van der Waals surface area contributed by atoms with E-state index in [9.17, 15) is 13.6 Å². The van der Waals surface area contributed by atoms with Gasteiger partial charge in [0.2, 0.25) is 0 Å². The molecule has 0 spiro atoms. The van der Waals surface area contributed by atoms with Crippen molar-refractivity contribution < 1.29 is 13.6 Å². The first-order valence-corrected chi connectivity index (χ1v) is 10.2. The van der Waals surface area contributed by atoms with E-state index in [1.165, 1.54) is 11.8 Å². The highest BCUT2D eigenvalue weighted by Crippen LogP contribution is 2.30. The number of thiazole rings is 1. The largest absolute Gasteiger partial charge is 0.343 e. The number of hydrogen-bond donors (Lipinski definition) is 1. The molecule has 1 amide bonds. The smallest absolute Gasteiger partial charge is 0.259 e. The summed E-state index contributed by atoms with van der Waals surface area (Å²) in [5, 5.41) is 5.50. The Balaban J connectivity index is 1.49. The lowest BCUT2D eigenvalue weighted by Crippen LogP contribution is -2.31. The lowest BCUT2D eigenvalue weighted by atomic mass is 9.99. The van der Waals surface area contributed by atoms with Gasteiger partial charge in [0.05, 0.1) is 29.3 Å². The van der Waals surface area contributed by atoms with Gasteiger partial charge in [0.15, 0.2) is 10.9 Å². The third kappa shape index (κ3) is 4.20. The Bertz CT molecular complexity index is 1130. The van der Waals surface area contributed by atoms with Crippen LogP contribution in [0.4, 0.5) is 19.7 Å². The van der Waals surface area contributed by atoms with E-state index < -0.39 is 17.5 Å². The molecule has 0 aliphatic carbocycles. The first-order chi connectivity index (χ1) is 14.4. The van der Waals surface area contributed by atoms with Crippen molar-refractivity contribution in [3.63, 3.8) is 0 Å². The minimum atomic E-state index is -0.933. The van der Waals surface area contributed by atoms with E-state index in [1.807, 2.05) is 12.3 Å². The van der Waals surface area contributed by atoms with Crippen LogP contribution in [0.5, 0.6) is 0 Å². The highest BCUT2D eigenvalue weighted by Gasteiger charge is 2.21. The van der Waals surface area contributed by atoms with Crippen molar-refractivity contribution in [1.29, 1.82) is 0 Å². The van der Waals surface area contributed by atoms with Crippen LogP contribution in [0.3, 0.4) is 0 Å². The van der Waals surface area contributed by atoms with E-state index >= 15 is 0 Å². The number of benzene rings is 1. The molecule has 3 heterocycles. The Morgan fingerprint density at radius 1 is 1.20 bits per heavy atom. The van der Waals surface area contributed by atoms with Gasteiger partial charge in [-0.3, -0.25) is 9.78 Å². The number of halogens is 2. The molecule has 0 atom stereocenters. The fourth-order valence-corrected chi connectivity index (χ4v) is 4.04. The van der Waals surface area contributed by atoms with Crippen LogP contribution in [0, 0.1) is 18.6 Å². The molecular weight excluding hydrogens is 408 g/mol. The zero-order valence-corrected chi connectivity index (χ0v) is 17.3. The second-order valence-corrected chi connectivity index (χ2v) is 7.90. The quantitative estimate of drug-likeness (QED) is 0.666. The standard InChI is InChI=1S/C21H19F2N5OS/c1-12-5-6-28(21-26-13(2)11-30-21)10-16(12)18-8-25-19(9-24-18)27-20(29)15-4-3-14(22)7-17(15)23/h3-4,7-9,11H,5-6,10H2,1-2H3,(H,25,27,29). The Kier molecular flexibility index (Phi) is 5.54. The highest BCUT2D eigenvalue weighted by atomic mass is 32.1. The Hall–Kier alpha value is -3.20. The maximum absolute atomic E-state index is 13.8. The third-order valence-corrected chi connectivity index (χ3v) is 5.90. The number of anilines is 2. The first kappa shape index (κ1) is 20.1. The number of carbonyl (C=O) groups excluding carboxylic acids is 1. The number of hydrogen-bond acceptors (Lipinski definition) is 6. The molecule has 3 aromatic rings. The molecular formula is C21H19F2N5OS. The molecule has 6 nitrogen and oxygen atoms in total. The summed E-state index contributed by atoms with van der Waals surface area (Å²) in [4.78, 5) is 27.7. The number of carbonyl (C=O) groups is 1. The molecule has 1 aromatic carbocycles. The second-order valence-electron chi connectivity index (χ2n) is 7.07. The van der Waals surface area contributed by atoms with Crippen molar-refractivity contribution in [1.82, 2.24) is 15.0 Å². The first-order valence-electron chi connectivity index (χ1n) is 9.35. The Labute approximate surface area is 176 Å². The van der Waals surface area contributed by atoms with Crippen LogP contribution in [-0.4, -0.2) is 33.9 Å². The summed E-state index contributed by atoms with van der Waals surface area (Å²) in [5.41, 5.74) is 3.77. The van der Waals surface area contributed by atoms with Crippen molar-refractivity contribution in [3.05, 3.63) is 70.1 Å². The summed E-state index contributed by atoms with van der Waals surface area (Å²) in [7, 11) is 0. The molecule has 0 saturated heterocycles. The monoisotopic (exact) mass is 427 g/mol. The van der Waals surface area contributed by atoms with Crippen molar-refractivity contribution in [2.24, 2.45) is 0 Å². The van der Waals surface area contributed by atoms with Gasteiger partial charge in [0, 0.05) is 24.5 Å². The van der Waals surface area contributed by atoms with E-state index in [1.54, 1.807) is 17.5 Å². The molecule has 4 rings (SSSR count). The van der Waals surface area contributed by atoms with Crippen molar-refractivity contribution in [2.75, 3.05) is 23.3 Å². The van der Waals surface area contributed by atoms with E-state index in [-0.39, 0.29) is 11.4 Å². The predicted octanol–water partition coefficient (Wildman–Crippen LogP) is 4.46. The maximum Gasteiger partial charge on any atom is 0.259 e. The van der Waals surface area contributed by atoms with Gasteiger partial charge >= 0.3 is 0 Å². The molecule has 0 bridgehead atoms. The van der Waals surface area contributed by atoms with E-state index in [2.05, 4.69) is 32.1 Å². The van der Waals surface area contributed by atoms with Crippen molar-refractivity contribution >= 4 is 33.8 Å². The van der Waals surface area contributed by atoms with Crippen molar-refractivity contribution in [2.45, 2.75) is 20.3 Å². The fraction of sp³-hybridized carbons (Fsp3) is 0.238. The number of aromatic nitrogens is 3. The number of amides is 1. The summed E-state index contributed by atoms with van der Waals surface area (Å²) in [6.07, 6.45) is 3.92. The van der Waals surface area contributed by atoms with E-state index in [0.717, 1.165) is 47.2 Å². The van der Waals surface area contributed by atoms with Crippen LogP contribution < -0.4 is 10.2 Å². The van der Waals surface area contributed by atoms with E-state index in [4.69, 9.17) is 0 Å². The summed E-state index contributed by atoms with van der Waals surface area (Å²) >= 11 is 1.62. The average Bonchev–Trinajstić information content (AvgIpc) is 3.15. The van der Waals surface area contributed by atoms with Gasteiger partial charge in [-0.2, -0.15) is 0 Å².